The largest absolute Gasteiger partial charge is 0.497 e. The molecule has 1 atom stereocenters. The van der Waals surface area contributed by atoms with E-state index in [0.29, 0.717) is 13.1 Å². The smallest absolute Gasteiger partial charge is 0.120 e. The molecule has 0 spiro atoms. The highest BCUT2D eigenvalue weighted by Crippen LogP contribution is 2.33. The average molecular weight is 518 g/mol. The van der Waals surface area contributed by atoms with Gasteiger partial charge in [0.2, 0.25) is 0 Å². The van der Waals surface area contributed by atoms with E-state index in [1.165, 1.54) is 10.8 Å². The monoisotopic (exact) mass is 516 g/mol. The van der Waals surface area contributed by atoms with Gasteiger partial charge in [0.15, 0.2) is 0 Å². The summed E-state index contributed by atoms with van der Waals surface area (Å²) >= 11 is 7.16. The zero-order chi connectivity index (χ0) is 20.5. The SMILES string of the molecule is COc1cccc(N(C)CC(O)Cn2c3ccc(Br)cc3c3cc(Br)ccc32)c1. The molecule has 150 valence electrons. The molecule has 0 aliphatic carbocycles. The first-order chi connectivity index (χ1) is 14.0. The van der Waals surface area contributed by atoms with Crippen LogP contribution in [-0.4, -0.2) is 36.5 Å². The van der Waals surface area contributed by atoms with Gasteiger partial charge in [-0.2, -0.15) is 0 Å². The number of aliphatic hydroxyl groups excluding tert-OH is 1. The van der Waals surface area contributed by atoms with Gasteiger partial charge >= 0.3 is 0 Å². The lowest BCUT2D eigenvalue weighted by molar-refractivity contribution is 0.163. The number of halogens is 2. The first kappa shape index (κ1) is 20.3. The highest BCUT2D eigenvalue weighted by Gasteiger charge is 2.16. The van der Waals surface area contributed by atoms with Crippen molar-refractivity contribution in [2.24, 2.45) is 0 Å². The predicted octanol–water partition coefficient (Wildman–Crippen LogP) is 5.83. The molecule has 0 saturated heterocycles. The Morgan fingerprint density at radius 2 is 1.59 bits per heavy atom. The molecule has 4 nitrogen and oxygen atoms in total. The molecule has 0 aliphatic heterocycles. The zero-order valence-electron chi connectivity index (χ0n) is 16.3. The third kappa shape index (κ3) is 4.15. The molecule has 1 aromatic heterocycles. The number of rotatable bonds is 6. The fourth-order valence-electron chi connectivity index (χ4n) is 3.78. The average Bonchev–Trinajstić information content (AvgIpc) is 3.00. The molecule has 1 heterocycles. The van der Waals surface area contributed by atoms with E-state index in [1.54, 1.807) is 7.11 Å². The second-order valence-corrected chi connectivity index (χ2v) is 9.00. The molecule has 29 heavy (non-hydrogen) atoms. The van der Waals surface area contributed by atoms with Crippen LogP contribution in [0, 0.1) is 0 Å². The zero-order valence-corrected chi connectivity index (χ0v) is 19.4. The Bertz CT molecular complexity index is 1110. The maximum atomic E-state index is 10.9. The van der Waals surface area contributed by atoms with Crippen molar-refractivity contribution >= 4 is 59.4 Å². The molecule has 0 aliphatic rings. The van der Waals surface area contributed by atoms with E-state index in [-0.39, 0.29) is 0 Å². The van der Waals surface area contributed by atoms with Gasteiger partial charge in [-0.3, -0.25) is 0 Å². The molecule has 1 unspecified atom stereocenters. The summed E-state index contributed by atoms with van der Waals surface area (Å²) in [7, 11) is 3.64. The Hall–Kier alpha value is -2.02. The fourth-order valence-corrected chi connectivity index (χ4v) is 4.51. The summed E-state index contributed by atoms with van der Waals surface area (Å²) in [5.74, 6) is 0.808. The van der Waals surface area contributed by atoms with Crippen molar-refractivity contribution in [3.8, 4) is 5.75 Å². The number of likely N-dealkylation sites (N-methyl/N-ethyl adjacent to an activating group) is 1. The lowest BCUT2D eigenvalue weighted by Gasteiger charge is -2.24. The first-order valence-corrected chi connectivity index (χ1v) is 10.9. The number of hydrogen-bond acceptors (Lipinski definition) is 3. The quantitative estimate of drug-likeness (QED) is 0.350. The summed E-state index contributed by atoms with van der Waals surface area (Å²) in [6.07, 6.45) is -0.530. The van der Waals surface area contributed by atoms with Gasteiger partial charge in [-0.25, -0.2) is 0 Å². The normalized spacial score (nSPS) is 12.4. The second-order valence-electron chi connectivity index (χ2n) is 7.17. The second kappa shape index (κ2) is 8.38. The highest BCUT2D eigenvalue weighted by atomic mass is 79.9. The molecule has 6 heteroatoms. The van der Waals surface area contributed by atoms with E-state index in [4.69, 9.17) is 4.74 Å². The van der Waals surface area contributed by atoms with Gasteiger partial charge in [0.1, 0.15) is 5.75 Å². The number of ether oxygens (including phenoxy) is 1. The minimum absolute atomic E-state index is 0.511. The van der Waals surface area contributed by atoms with Crippen molar-refractivity contribution in [2.75, 3.05) is 25.6 Å². The molecule has 1 N–H and O–H groups in total. The van der Waals surface area contributed by atoms with E-state index in [9.17, 15) is 5.11 Å². The van der Waals surface area contributed by atoms with Gasteiger partial charge in [0, 0.05) is 56.1 Å². The maximum absolute atomic E-state index is 10.9. The Morgan fingerprint density at radius 1 is 0.966 bits per heavy atom. The van der Waals surface area contributed by atoms with Crippen molar-refractivity contribution in [1.82, 2.24) is 4.57 Å². The topological polar surface area (TPSA) is 37.6 Å². The van der Waals surface area contributed by atoms with Crippen LogP contribution in [0.25, 0.3) is 21.8 Å². The van der Waals surface area contributed by atoms with E-state index < -0.39 is 6.10 Å². The fraction of sp³-hybridized carbons (Fsp3) is 0.217. The Labute approximate surface area is 186 Å². The van der Waals surface area contributed by atoms with Crippen molar-refractivity contribution in [3.63, 3.8) is 0 Å². The van der Waals surface area contributed by atoms with Crippen LogP contribution in [0.1, 0.15) is 0 Å². The van der Waals surface area contributed by atoms with Crippen molar-refractivity contribution in [3.05, 3.63) is 69.6 Å². The molecular formula is C23H22Br2N2O2. The van der Waals surface area contributed by atoms with Crippen LogP contribution < -0.4 is 9.64 Å². The van der Waals surface area contributed by atoms with Crippen molar-refractivity contribution < 1.29 is 9.84 Å². The number of anilines is 1. The molecule has 4 rings (SSSR count). The highest BCUT2D eigenvalue weighted by molar-refractivity contribution is 9.10. The number of nitrogens with zero attached hydrogens (tertiary/aromatic N) is 2. The van der Waals surface area contributed by atoms with Gasteiger partial charge in [-0.15, -0.1) is 0 Å². The van der Waals surface area contributed by atoms with Crippen molar-refractivity contribution in [1.29, 1.82) is 0 Å². The van der Waals surface area contributed by atoms with E-state index in [0.717, 1.165) is 31.4 Å². The third-order valence-corrected chi connectivity index (χ3v) is 6.15. The number of methoxy groups -OCH3 is 1. The van der Waals surface area contributed by atoms with Gasteiger partial charge in [-0.1, -0.05) is 37.9 Å². The van der Waals surface area contributed by atoms with Crippen LogP contribution in [0.5, 0.6) is 5.75 Å². The lowest BCUT2D eigenvalue weighted by Crippen LogP contribution is -2.32. The molecule has 0 fully saturated rings. The molecule has 0 saturated carbocycles. The molecule has 0 bridgehead atoms. The molecule has 0 radical (unpaired) electrons. The van der Waals surface area contributed by atoms with Gasteiger partial charge in [-0.05, 0) is 48.5 Å². The number of fused-ring (bicyclic) bond motifs is 3. The summed E-state index contributed by atoms with van der Waals surface area (Å²) in [5.41, 5.74) is 3.24. The van der Waals surface area contributed by atoms with E-state index in [1.807, 2.05) is 48.3 Å². The number of hydrogen-bond donors (Lipinski definition) is 1. The van der Waals surface area contributed by atoms with Crippen LogP contribution in [-0.2, 0) is 6.54 Å². The minimum Gasteiger partial charge on any atom is -0.497 e. The Kier molecular flexibility index (Phi) is 5.86. The van der Waals surface area contributed by atoms with Crippen LogP contribution in [0.4, 0.5) is 5.69 Å². The van der Waals surface area contributed by atoms with E-state index in [2.05, 4.69) is 60.7 Å². The van der Waals surface area contributed by atoms with Crippen LogP contribution in [0.15, 0.2) is 69.6 Å². The molecular weight excluding hydrogens is 496 g/mol. The standard InChI is InChI=1S/C23H22Br2N2O2/c1-26(17-4-3-5-19(12-17)29-2)13-18(28)14-27-22-8-6-15(24)10-20(22)21-11-16(25)7-9-23(21)27/h3-12,18,28H,13-14H2,1-2H3. The predicted molar refractivity (Wildman–Crippen MR) is 127 cm³/mol. The summed E-state index contributed by atoms with van der Waals surface area (Å²) < 4.78 is 9.60. The van der Waals surface area contributed by atoms with Crippen LogP contribution in [0.3, 0.4) is 0 Å². The van der Waals surface area contributed by atoms with Gasteiger partial charge in [0.25, 0.3) is 0 Å². The summed E-state index contributed by atoms with van der Waals surface area (Å²) in [6.45, 7) is 1.03. The summed E-state index contributed by atoms with van der Waals surface area (Å²) in [5, 5.41) is 13.2. The molecule has 3 aromatic carbocycles. The van der Waals surface area contributed by atoms with Crippen molar-refractivity contribution in [2.45, 2.75) is 12.6 Å². The summed E-state index contributed by atoms with van der Waals surface area (Å²) in [4.78, 5) is 2.05. The minimum atomic E-state index is -0.530. The Morgan fingerprint density at radius 3 is 2.17 bits per heavy atom. The van der Waals surface area contributed by atoms with Crippen LogP contribution >= 0.6 is 31.9 Å². The third-order valence-electron chi connectivity index (χ3n) is 5.16. The van der Waals surface area contributed by atoms with Gasteiger partial charge < -0.3 is 19.3 Å². The number of aliphatic hydroxyl groups is 1. The number of benzene rings is 3. The van der Waals surface area contributed by atoms with Gasteiger partial charge in [0.05, 0.1) is 19.8 Å². The number of aromatic nitrogens is 1. The Balaban J connectivity index is 1.64. The maximum Gasteiger partial charge on any atom is 0.120 e. The van der Waals surface area contributed by atoms with Crippen LogP contribution in [0.2, 0.25) is 0 Å². The summed E-state index contributed by atoms with van der Waals surface area (Å²) in [6, 6.07) is 20.4. The molecule has 0 amide bonds. The first-order valence-electron chi connectivity index (χ1n) is 9.36. The lowest BCUT2D eigenvalue weighted by atomic mass is 10.2. The van der Waals surface area contributed by atoms with E-state index >= 15 is 0 Å². The molecule has 4 aromatic rings.